The Morgan fingerprint density at radius 1 is 0.872 bits per heavy atom. The number of anilines is 2. The van der Waals surface area contributed by atoms with Crippen LogP contribution in [0.25, 0.3) is 11.3 Å². The van der Waals surface area contributed by atoms with E-state index in [2.05, 4.69) is 29.6 Å². The minimum atomic E-state index is -4.48. The lowest BCUT2D eigenvalue weighted by molar-refractivity contribution is -0.138. The number of imidazole rings is 1. The first-order valence-corrected chi connectivity index (χ1v) is 16.3. The first-order chi connectivity index (χ1) is 18.2. The van der Waals surface area contributed by atoms with Gasteiger partial charge < -0.3 is 14.5 Å². The Kier molecular flexibility index (Phi) is 8.31. The van der Waals surface area contributed by atoms with Crippen molar-refractivity contribution < 1.29 is 31.1 Å². The molecule has 4 rings (SSSR count). The number of ether oxygens (including phenoxy) is 1. The fraction of sp³-hybridized carbons (Fsp3) is 0.462. The van der Waals surface area contributed by atoms with E-state index in [1.54, 1.807) is 21.7 Å². The molecule has 0 saturated carbocycles. The second kappa shape index (κ2) is 11.2. The number of halogens is 6. The van der Waals surface area contributed by atoms with Crippen LogP contribution in [0.1, 0.15) is 11.1 Å². The molecule has 212 valence electrons. The molecule has 3 aromatic rings. The maximum Gasteiger partial charge on any atom is 0.416 e. The first kappa shape index (κ1) is 28.9. The zero-order valence-electron chi connectivity index (χ0n) is 22.0. The van der Waals surface area contributed by atoms with E-state index < -0.39 is 31.6 Å². The molecule has 39 heavy (non-hydrogen) atoms. The largest absolute Gasteiger partial charge is 0.416 e. The van der Waals surface area contributed by atoms with E-state index in [1.165, 1.54) is 6.07 Å². The lowest BCUT2D eigenvalue weighted by atomic mass is 10.1. The molecule has 0 bridgehead atoms. The number of piperazine rings is 1. The number of nitrogens with zero attached hydrogens (tertiary/aromatic N) is 5. The Morgan fingerprint density at radius 2 is 1.51 bits per heavy atom. The minimum absolute atomic E-state index is 0.182. The van der Waals surface area contributed by atoms with Crippen molar-refractivity contribution >= 4 is 19.8 Å². The van der Waals surface area contributed by atoms with Crippen molar-refractivity contribution in [1.29, 1.82) is 0 Å². The van der Waals surface area contributed by atoms with Crippen LogP contribution < -0.4 is 9.80 Å². The van der Waals surface area contributed by atoms with Crippen molar-refractivity contribution in [2.45, 2.75) is 44.8 Å². The summed E-state index contributed by atoms with van der Waals surface area (Å²) >= 11 is 0. The first-order valence-electron chi connectivity index (χ1n) is 12.6. The third-order valence-corrected chi connectivity index (χ3v) is 8.13. The molecule has 0 atom stereocenters. The predicted molar refractivity (Wildman–Crippen MR) is 140 cm³/mol. The number of pyridine rings is 1. The molecule has 13 heteroatoms. The van der Waals surface area contributed by atoms with E-state index in [4.69, 9.17) is 4.74 Å². The highest BCUT2D eigenvalue weighted by atomic mass is 28.3. The van der Waals surface area contributed by atoms with Crippen LogP contribution in [0.4, 0.5) is 38.1 Å². The van der Waals surface area contributed by atoms with Crippen molar-refractivity contribution in [3.8, 4) is 11.3 Å². The summed E-state index contributed by atoms with van der Waals surface area (Å²) in [4.78, 5) is 12.5. The van der Waals surface area contributed by atoms with Crippen LogP contribution in [0.15, 0.2) is 48.8 Å². The number of benzene rings is 1. The molecule has 0 aliphatic carbocycles. The second-order valence-electron chi connectivity index (χ2n) is 10.7. The maximum atomic E-state index is 13.3. The number of aromatic nitrogens is 3. The molecule has 0 amide bonds. The van der Waals surface area contributed by atoms with Gasteiger partial charge in [0.05, 0.1) is 16.8 Å². The van der Waals surface area contributed by atoms with Crippen molar-refractivity contribution in [2.75, 3.05) is 42.6 Å². The summed E-state index contributed by atoms with van der Waals surface area (Å²) in [6, 6.07) is 7.95. The highest BCUT2D eigenvalue weighted by Gasteiger charge is 2.32. The topological polar surface area (TPSA) is 46.4 Å². The Bertz CT molecular complexity index is 1260. The van der Waals surface area contributed by atoms with Gasteiger partial charge in [0, 0.05) is 58.8 Å². The lowest BCUT2D eigenvalue weighted by Gasteiger charge is -2.36. The average Bonchev–Trinajstić information content (AvgIpc) is 3.30. The van der Waals surface area contributed by atoms with E-state index >= 15 is 0 Å². The Labute approximate surface area is 224 Å². The Hall–Kier alpha value is -3.06. The summed E-state index contributed by atoms with van der Waals surface area (Å²) in [5.41, 5.74) is -0.804. The monoisotopic (exact) mass is 571 g/mol. The van der Waals surface area contributed by atoms with Crippen molar-refractivity contribution in [3.05, 3.63) is 59.9 Å². The summed E-state index contributed by atoms with van der Waals surface area (Å²) < 4.78 is 87.1. The molecule has 0 radical (unpaired) electrons. The van der Waals surface area contributed by atoms with E-state index in [1.807, 2.05) is 4.90 Å². The number of hydrogen-bond donors (Lipinski definition) is 0. The third-order valence-electron chi connectivity index (χ3n) is 6.43. The number of hydrogen-bond acceptors (Lipinski definition) is 5. The van der Waals surface area contributed by atoms with Crippen LogP contribution in [-0.2, 0) is 23.8 Å². The van der Waals surface area contributed by atoms with Gasteiger partial charge in [0.15, 0.2) is 0 Å². The van der Waals surface area contributed by atoms with Gasteiger partial charge in [-0.05, 0) is 30.3 Å². The number of alkyl halides is 6. The normalized spacial score (nSPS) is 15.2. The zero-order valence-corrected chi connectivity index (χ0v) is 23.0. The van der Waals surface area contributed by atoms with Crippen LogP contribution in [-0.4, -0.2) is 55.4 Å². The smallest absolute Gasteiger partial charge is 0.361 e. The van der Waals surface area contributed by atoms with Crippen LogP contribution in [0.2, 0.25) is 25.7 Å². The molecule has 2 aromatic heterocycles. The van der Waals surface area contributed by atoms with Crippen LogP contribution in [0, 0.1) is 0 Å². The molecule has 1 saturated heterocycles. The molecular formula is C26H31F6N5OSi. The van der Waals surface area contributed by atoms with E-state index in [0.717, 1.165) is 36.5 Å². The van der Waals surface area contributed by atoms with Gasteiger partial charge in [-0.2, -0.15) is 26.3 Å². The molecule has 1 aliphatic heterocycles. The third kappa shape index (κ3) is 7.53. The zero-order chi connectivity index (χ0) is 28.4. The van der Waals surface area contributed by atoms with Gasteiger partial charge in [0.25, 0.3) is 0 Å². The van der Waals surface area contributed by atoms with Crippen LogP contribution in [0.3, 0.4) is 0 Å². The highest BCUT2D eigenvalue weighted by molar-refractivity contribution is 6.76. The van der Waals surface area contributed by atoms with Crippen LogP contribution in [0.5, 0.6) is 0 Å². The standard InChI is InChI=1S/C26H31F6N5OSi/c1-39(2,3)14-13-38-18-37-17-22(19-5-4-6-20(15-19)25(27,28)29)34-24(37)36-11-9-35(10-12-36)23-16-21(7-8-33-23)26(30,31)32/h4-8,15-17H,9-14,18H2,1-3H3. The van der Waals surface area contributed by atoms with Gasteiger partial charge in [0.1, 0.15) is 12.5 Å². The molecule has 1 aromatic carbocycles. The Morgan fingerprint density at radius 3 is 2.15 bits per heavy atom. The molecule has 0 unspecified atom stereocenters. The summed E-state index contributed by atoms with van der Waals surface area (Å²) in [6.45, 7) is 9.13. The van der Waals surface area contributed by atoms with Crippen LogP contribution >= 0.6 is 0 Å². The Balaban J connectivity index is 1.54. The molecule has 1 fully saturated rings. The second-order valence-corrected chi connectivity index (χ2v) is 16.3. The van der Waals surface area contributed by atoms with Gasteiger partial charge in [-0.1, -0.05) is 31.8 Å². The van der Waals surface area contributed by atoms with E-state index in [-0.39, 0.29) is 12.5 Å². The molecule has 0 N–H and O–H groups in total. The highest BCUT2D eigenvalue weighted by Crippen LogP contribution is 2.34. The SMILES string of the molecule is C[Si](C)(C)CCOCn1cc(-c2cccc(C(F)(F)F)c2)nc1N1CCN(c2cc(C(F)(F)F)ccn2)CC1. The molecule has 0 spiro atoms. The van der Waals surface area contributed by atoms with Crippen molar-refractivity contribution in [1.82, 2.24) is 14.5 Å². The van der Waals surface area contributed by atoms with Gasteiger partial charge in [0.2, 0.25) is 5.95 Å². The van der Waals surface area contributed by atoms with E-state index in [0.29, 0.717) is 50.0 Å². The molecule has 3 heterocycles. The molecule has 6 nitrogen and oxygen atoms in total. The maximum absolute atomic E-state index is 13.3. The van der Waals surface area contributed by atoms with Gasteiger partial charge >= 0.3 is 12.4 Å². The summed E-state index contributed by atoms with van der Waals surface area (Å²) in [6.07, 6.45) is -6.11. The lowest BCUT2D eigenvalue weighted by Crippen LogP contribution is -2.47. The summed E-state index contributed by atoms with van der Waals surface area (Å²) in [5, 5.41) is 0. The van der Waals surface area contributed by atoms with Gasteiger partial charge in [-0.3, -0.25) is 4.57 Å². The number of rotatable bonds is 8. The summed E-state index contributed by atoms with van der Waals surface area (Å²) in [5.74, 6) is 0.777. The average molecular weight is 572 g/mol. The predicted octanol–water partition coefficient (Wildman–Crippen LogP) is 6.62. The fourth-order valence-electron chi connectivity index (χ4n) is 4.19. The quantitative estimate of drug-likeness (QED) is 0.173. The van der Waals surface area contributed by atoms with Crippen molar-refractivity contribution in [2.24, 2.45) is 0 Å². The van der Waals surface area contributed by atoms with E-state index in [9.17, 15) is 26.3 Å². The molecular weight excluding hydrogens is 540 g/mol. The summed E-state index contributed by atoms with van der Waals surface area (Å²) in [7, 11) is -1.32. The minimum Gasteiger partial charge on any atom is -0.361 e. The van der Waals surface area contributed by atoms with Crippen molar-refractivity contribution in [3.63, 3.8) is 0 Å². The molecule has 1 aliphatic rings. The fourth-order valence-corrected chi connectivity index (χ4v) is 4.95. The van der Waals surface area contributed by atoms with Gasteiger partial charge in [-0.15, -0.1) is 0 Å². The van der Waals surface area contributed by atoms with Gasteiger partial charge in [-0.25, -0.2) is 9.97 Å².